The number of rotatable bonds is 6. The molecule has 3 aromatic rings. The van der Waals surface area contributed by atoms with Crippen molar-refractivity contribution in [2.24, 2.45) is 0 Å². The summed E-state index contributed by atoms with van der Waals surface area (Å²) in [6, 6.07) is 13.9. The van der Waals surface area contributed by atoms with E-state index in [9.17, 15) is 13.2 Å². The first-order valence-electron chi connectivity index (χ1n) is 9.38. The van der Waals surface area contributed by atoms with Gasteiger partial charge in [0.05, 0.1) is 17.0 Å². The van der Waals surface area contributed by atoms with Crippen LogP contribution in [-0.4, -0.2) is 32.3 Å². The second kappa shape index (κ2) is 8.70. The number of sulfonamides is 1. The Balaban J connectivity index is 1.59. The predicted octanol–water partition coefficient (Wildman–Crippen LogP) is 3.79. The monoisotopic (exact) mass is 457 g/mol. The van der Waals surface area contributed by atoms with E-state index in [2.05, 4.69) is 16.2 Å². The molecule has 4 rings (SSSR count). The van der Waals surface area contributed by atoms with E-state index in [4.69, 9.17) is 5.26 Å². The largest absolute Gasteiger partial charge is 0.326 e. The van der Waals surface area contributed by atoms with Gasteiger partial charge in [-0.15, -0.1) is 22.7 Å². The van der Waals surface area contributed by atoms with Crippen LogP contribution in [0.5, 0.6) is 0 Å². The lowest BCUT2D eigenvalue weighted by atomic mass is 9.97. The van der Waals surface area contributed by atoms with Crippen LogP contribution in [0.2, 0.25) is 0 Å². The van der Waals surface area contributed by atoms with Crippen LogP contribution in [0.1, 0.15) is 38.1 Å². The smallest absolute Gasteiger partial charge is 0.254 e. The maximum absolute atomic E-state index is 13.3. The number of nitrogens with one attached hydrogen (secondary N) is 1. The van der Waals surface area contributed by atoms with E-state index in [0.29, 0.717) is 12.1 Å². The number of hydrogen-bond donors (Lipinski definition) is 1. The quantitative estimate of drug-likeness (QED) is 0.570. The van der Waals surface area contributed by atoms with Gasteiger partial charge in [-0.1, -0.05) is 6.07 Å². The molecular formula is C21H19N3O3S3. The number of carbonyl (C=O) groups is 1. The summed E-state index contributed by atoms with van der Waals surface area (Å²) in [4.78, 5) is 17.7. The Hall–Kier alpha value is -2.51. The minimum atomic E-state index is -3.70. The third kappa shape index (κ3) is 4.04. The summed E-state index contributed by atoms with van der Waals surface area (Å²) in [6.07, 6.45) is 0.912. The van der Waals surface area contributed by atoms with Crippen molar-refractivity contribution in [3.8, 4) is 6.07 Å². The second-order valence-electron chi connectivity index (χ2n) is 6.80. The Morgan fingerprint density at radius 3 is 2.67 bits per heavy atom. The number of nitriles is 1. The molecule has 0 unspecified atom stereocenters. The standard InChI is InChI=1S/C21H19N3O3S3/c22-10-2-11-23-30(26,27)16-6-4-15(5-7-16)21(25)24-12-8-18-17(9-14-29-18)20(24)19-3-1-13-28-19/h1,3-7,9,13-14,20,23H,2,8,11-12H2/t20-/m0/s1. The van der Waals surface area contributed by atoms with Crippen LogP contribution in [0.25, 0.3) is 0 Å². The van der Waals surface area contributed by atoms with Gasteiger partial charge in [0.1, 0.15) is 0 Å². The molecule has 1 atom stereocenters. The van der Waals surface area contributed by atoms with Crippen molar-refractivity contribution in [2.75, 3.05) is 13.1 Å². The molecule has 6 nitrogen and oxygen atoms in total. The zero-order valence-electron chi connectivity index (χ0n) is 15.9. The van der Waals surface area contributed by atoms with Crippen molar-refractivity contribution >= 4 is 38.6 Å². The maximum Gasteiger partial charge on any atom is 0.254 e. The van der Waals surface area contributed by atoms with Crippen LogP contribution in [0, 0.1) is 11.3 Å². The number of thiophene rings is 2. The summed E-state index contributed by atoms with van der Waals surface area (Å²) in [5.41, 5.74) is 1.62. The Labute approximate surface area is 183 Å². The van der Waals surface area contributed by atoms with E-state index in [-0.39, 0.29) is 29.8 Å². The molecule has 0 fully saturated rings. The van der Waals surface area contributed by atoms with Crippen molar-refractivity contribution in [2.45, 2.75) is 23.8 Å². The van der Waals surface area contributed by atoms with Crippen molar-refractivity contribution in [3.05, 3.63) is 74.1 Å². The molecule has 154 valence electrons. The zero-order valence-corrected chi connectivity index (χ0v) is 18.4. The van der Waals surface area contributed by atoms with Gasteiger partial charge in [0.15, 0.2) is 0 Å². The van der Waals surface area contributed by atoms with E-state index in [0.717, 1.165) is 11.3 Å². The Morgan fingerprint density at radius 1 is 1.17 bits per heavy atom. The summed E-state index contributed by atoms with van der Waals surface area (Å²) in [5.74, 6) is -0.119. The van der Waals surface area contributed by atoms with Gasteiger partial charge in [0.2, 0.25) is 10.0 Å². The van der Waals surface area contributed by atoms with Gasteiger partial charge in [-0.3, -0.25) is 4.79 Å². The Bertz CT molecular complexity index is 1180. The lowest BCUT2D eigenvalue weighted by Gasteiger charge is -2.35. The number of benzene rings is 1. The third-order valence-corrected chi connectivity index (χ3v) is 8.38. The molecule has 0 saturated carbocycles. The predicted molar refractivity (Wildman–Crippen MR) is 117 cm³/mol. The molecule has 2 aromatic heterocycles. The second-order valence-corrected chi connectivity index (χ2v) is 10.5. The third-order valence-electron chi connectivity index (χ3n) is 4.98. The maximum atomic E-state index is 13.3. The number of fused-ring (bicyclic) bond motifs is 1. The van der Waals surface area contributed by atoms with Gasteiger partial charge in [0.25, 0.3) is 5.91 Å². The molecular weight excluding hydrogens is 438 g/mol. The van der Waals surface area contributed by atoms with Crippen molar-refractivity contribution < 1.29 is 13.2 Å². The fourth-order valence-corrected chi connectivity index (χ4v) is 6.35. The number of nitrogens with zero attached hydrogens (tertiary/aromatic N) is 2. The van der Waals surface area contributed by atoms with Gasteiger partial charge in [-0.25, -0.2) is 13.1 Å². The van der Waals surface area contributed by atoms with Crippen LogP contribution in [0.4, 0.5) is 0 Å². The minimum Gasteiger partial charge on any atom is -0.326 e. The fourth-order valence-electron chi connectivity index (χ4n) is 3.56. The molecule has 1 aromatic carbocycles. The highest BCUT2D eigenvalue weighted by molar-refractivity contribution is 7.89. The molecule has 0 bridgehead atoms. The van der Waals surface area contributed by atoms with Crippen molar-refractivity contribution in [3.63, 3.8) is 0 Å². The number of carbonyl (C=O) groups excluding carboxylic acids is 1. The highest BCUT2D eigenvalue weighted by Crippen LogP contribution is 2.40. The molecule has 0 radical (unpaired) electrons. The van der Waals surface area contributed by atoms with Gasteiger partial charge in [0, 0.05) is 34.8 Å². The van der Waals surface area contributed by atoms with Crippen LogP contribution in [0.3, 0.4) is 0 Å². The van der Waals surface area contributed by atoms with Crippen LogP contribution in [-0.2, 0) is 16.4 Å². The molecule has 0 spiro atoms. The van der Waals surface area contributed by atoms with Gasteiger partial charge < -0.3 is 4.90 Å². The Morgan fingerprint density at radius 2 is 1.97 bits per heavy atom. The van der Waals surface area contributed by atoms with Crippen LogP contribution in [0.15, 0.2) is 58.1 Å². The Kier molecular flexibility index (Phi) is 6.01. The molecule has 1 aliphatic rings. The summed E-state index contributed by atoms with van der Waals surface area (Å²) in [7, 11) is -3.70. The average molecular weight is 458 g/mol. The van der Waals surface area contributed by atoms with E-state index < -0.39 is 10.0 Å². The number of amides is 1. The molecule has 30 heavy (non-hydrogen) atoms. The molecule has 1 N–H and O–H groups in total. The van der Waals surface area contributed by atoms with E-state index >= 15 is 0 Å². The topological polar surface area (TPSA) is 90.3 Å². The normalized spacial score (nSPS) is 16.1. The lowest BCUT2D eigenvalue weighted by molar-refractivity contribution is 0.0698. The van der Waals surface area contributed by atoms with Crippen LogP contribution >= 0.6 is 22.7 Å². The average Bonchev–Trinajstić information content (AvgIpc) is 3.44. The van der Waals surface area contributed by atoms with Gasteiger partial charge >= 0.3 is 0 Å². The summed E-state index contributed by atoms with van der Waals surface area (Å²) < 4.78 is 27.0. The van der Waals surface area contributed by atoms with E-state index in [1.165, 1.54) is 22.6 Å². The van der Waals surface area contributed by atoms with Crippen molar-refractivity contribution in [1.82, 2.24) is 9.62 Å². The van der Waals surface area contributed by atoms with E-state index in [1.807, 2.05) is 28.5 Å². The zero-order chi connectivity index (χ0) is 21.1. The SMILES string of the molecule is N#CCCNS(=O)(=O)c1ccc(C(=O)N2CCc3sccc3[C@H]2c2cccs2)cc1. The molecule has 1 aliphatic heterocycles. The first-order chi connectivity index (χ1) is 14.5. The lowest BCUT2D eigenvalue weighted by Crippen LogP contribution is -2.39. The summed E-state index contributed by atoms with van der Waals surface area (Å²) in [5, 5.41) is 12.6. The molecule has 0 saturated heterocycles. The van der Waals surface area contributed by atoms with Crippen LogP contribution < -0.4 is 4.72 Å². The summed E-state index contributed by atoms with van der Waals surface area (Å²) >= 11 is 3.35. The van der Waals surface area contributed by atoms with Gasteiger partial charge in [-0.2, -0.15) is 5.26 Å². The molecule has 1 amide bonds. The molecule has 0 aliphatic carbocycles. The molecule has 3 heterocycles. The first kappa shape index (κ1) is 20.8. The highest BCUT2D eigenvalue weighted by atomic mass is 32.2. The number of hydrogen-bond acceptors (Lipinski definition) is 6. The first-order valence-corrected chi connectivity index (χ1v) is 12.6. The fraction of sp³-hybridized carbons (Fsp3) is 0.238. The van der Waals surface area contributed by atoms with E-state index in [1.54, 1.807) is 34.8 Å². The van der Waals surface area contributed by atoms with Gasteiger partial charge in [-0.05, 0) is 59.1 Å². The van der Waals surface area contributed by atoms with Crippen molar-refractivity contribution in [1.29, 1.82) is 5.26 Å². The summed E-state index contributed by atoms with van der Waals surface area (Å²) in [6.45, 7) is 0.670. The molecule has 9 heteroatoms. The highest BCUT2D eigenvalue weighted by Gasteiger charge is 2.34. The minimum absolute atomic E-state index is 0.0543.